The zero-order valence-electron chi connectivity index (χ0n) is 33.6. The normalized spacial score (nSPS) is 11.5. The van der Waals surface area contributed by atoms with E-state index in [1.54, 1.807) is 0 Å². The van der Waals surface area contributed by atoms with Crippen LogP contribution in [0.1, 0.15) is 0 Å². The number of para-hydroxylation sites is 4. The van der Waals surface area contributed by atoms with Crippen molar-refractivity contribution in [3.05, 3.63) is 224 Å². The summed E-state index contributed by atoms with van der Waals surface area (Å²) in [5, 5.41) is 4.66. The summed E-state index contributed by atoms with van der Waals surface area (Å²) in [5.41, 5.74) is 13.9. The number of benzene rings is 9. The maximum absolute atomic E-state index is 5.48. The lowest BCUT2D eigenvalue weighted by Crippen LogP contribution is -2.08. The molecule has 0 fully saturated rings. The predicted octanol–water partition coefficient (Wildman–Crippen LogP) is 14.4. The first-order chi connectivity index (χ1) is 30.8. The number of fused-ring (bicyclic) bond motifs is 6. The largest absolute Gasteiger partial charge is 0.308 e. The third-order valence-corrected chi connectivity index (χ3v) is 12.0. The van der Waals surface area contributed by atoms with Crippen LogP contribution in [0.2, 0.25) is 0 Å². The molecule has 12 rings (SSSR count). The van der Waals surface area contributed by atoms with E-state index in [1.165, 1.54) is 21.9 Å². The molecular weight excluding hydrogens is 755 g/mol. The summed E-state index contributed by atoms with van der Waals surface area (Å²) >= 11 is 0. The quantitative estimate of drug-likeness (QED) is 0.162. The van der Waals surface area contributed by atoms with E-state index in [0.29, 0.717) is 17.6 Å². The molecule has 5 heteroatoms. The van der Waals surface area contributed by atoms with Crippen LogP contribution in [0.25, 0.3) is 111 Å². The number of rotatable bonds is 7. The maximum Gasteiger partial charge on any atom is 0.238 e. The van der Waals surface area contributed by atoms with E-state index in [2.05, 4.69) is 228 Å². The topological polar surface area (TPSA) is 48.5 Å². The minimum Gasteiger partial charge on any atom is -0.308 e. The Hall–Kier alpha value is -8.41. The fraction of sp³-hybridized carbons (Fsp3) is 0. The molecule has 0 N–H and O–H groups in total. The molecule has 0 bridgehead atoms. The molecule has 9 aromatic carbocycles. The van der Waals surface area contributed by atoms with E-state index in [-0.39, 0.29) is 0 Å². The second-order valence-corrected chi connectivity index (χ2v) is 15.5. The summed E-state index contributed by atoms with van der Waals surface area (Å²) in [6, 6.07) is 79.1. The Morgan fingerprint density at radius 3 is 1.31 bits per heavy atom. The van der Waals surface area contributed by atoms with Gasteiger partial charge in [-0.25, -0.2) is 4.98 Å². The van der Waals surface area contributed by atoms with Crippen molar-refractivity contribution in [2.75, 3.05) is 0 Å². The number of hydrogen-bond donors (Lipinski definition) is 0. The predicted molar refractivity (Wildman–Crippen MR) is 256 cm³/mol. The first kappa shape index (κ1) is 35.5. The molecule has 0 aliphatic heterocycles. The fourth-order valence-electron chi connectivity index (χ4n) is 9.30. The molecule has 0 aliphatic carbocycles. The summed E-state index contributed by atoms with van der Waals surface area (Å²) in [7, 11) is 0. The van der Waals surface area contributed by atoms with Crippen LogP contribution >= 0.6 is 0 Å². The monoisotopic (exact) mass is 791 g/mol. The van der Waals surface area contributed by atoms with Crippen LogP contribution in [-0.4, -0.2) is 24.1 Å². The van der Waals surface area contributed by atoms with Crippen molar-refractivity contribution in [3.63, 3.8) is 0 Å². The number of hydrogen-bond acceptors (Lipinski definition) is 3. The molecule has 3 aromatic heterocycles. The second kappa shape index (κ2) is 14.7. The van der Waals surface area contributed by atoms with Gasteiger partial charge in [-0.05, 0) is 58.1 Å². The van der Waals surface area contributed by atoms with Crippen molar-refractivity contribution >= 4 is 43.6 Å². The molecule has 3 heterocycles. The van der Waals surface area contributed by atoms with Crippen LogP contribution in [-0.2, 0) is 0 Å². The molecule has 0 unspecified atom stereocenters. The van der Waals surface area contributed by atoms with Crippen molar-refractivity contribution in [1.82, 2.24) is 24.1 Å². The zero-order valence-corrected chi connectivity index (χ0v) is 33.6. The van der Waals surface area contributed by atoms with Crippen LogP contribution in [0.5, 0.6) is 0 Å². The van der Waals surface area contributed by atoms with Gasteiger partial charge >= 0.3 is 0 Å². The Morgan fingerprint density at radius 2 is 0.694 bits per heavy atom. The van der Waals surface area contributed by atoms with Crippen molar-refractivity contribution in [3.8, 4) is 67.8 Å². The van der Waals surface area contributed by atoms with Gasteiger partial charge in [-0.15, -0.1) is 0 Å². The summed E-state index contributed by atoms with van der Waals surface area (Å²) < 4.78 is 4.61. The number of aromatic nitrogens is 5. The molecule has 0 radical (unpaired) electrons. The van der Waals surface area contributed by atoms with Crippen LogP contribution in [0, 0.1) is 0 Å². The maximum atomic E-state index is 5.48. The Labute approximate surface area is 358 Å². The third kappa shape index (κ3) is 5.75. The highest BCUT2D eigenvalue weighted by atomic mass is 15.2. The average Bonchev–Trinajstić information content (AvgIpc) is 3.88. The van der Waals surface area contributed by atoms with Gasteiger partial charge in [0.2, 0.25) is 5.95 Å². The van der Waals surface area contributed by atoms with Gasteiger partial charge in [0.05, 0.1) is 27.8 Å². The van der Waals surface area contributed by atoms with E-state index in [0.717, 1.165) is 71.9 Å². The Bertz CT molecular complexity index is 3570. The van der Waals surface area contributed by atoms with Crippen molar-refractivity contribution in [2.45, 2.75) is 0 Å². The van der Waals surface area contributed by atoms with Crippen LogP contribution in [0.15, 0.2) is 224 Å². The summed E-state index contributed by atoms with van der Waals surface area (Å²) in [6.45, 7) is 0. The molecule has 0 atom stereocenters. The molecule has 0 saturated carbocycles. The van der Waals surface area contributed by atoms with E-state index in [1.807, 2.05) is 6.07 Å². The van der Waals surface area contributed by atoms with Gasteiger partial charge < -0.3 is 4.57 Å². The minimum absolute atomic E-state index is 0.554. The lowest BCUT2D eigenvalue weighted by molar-refractivity contribution is 0.952. The molecule has 62 heavy (non-hydrogen) atoms. The van der Waals surface area contributed by atoms with E-state index in [9.17, 15) is 0 Å². The lowest BCUT2D eigenvalue weighted by Gasteiger charge is -2.17. The highest BCUT2D eigenvalue weighted by Crippen LogP contribution is 2.45. The molecule has 12 aromatic rings. The highest BCUT2D eigenvalue weighted by molar-refractivity contribution is 6.20. The van der Waals surface area contributed by atoms with Gasteiger partial charge in [0.1, 0.15) is 0 Å². The SMILES string of the molecule is c1ccc(-c2ccccc2-c2nc(-c3ccccc3-n3c4ccccc4c4c(-c5ccccc5)ccc(-c5ccccc5)c43)nc(-n3c4ccccc4c4ccccc43)n2)cc1. The smallest absolute Gasteiger partial charge is 0.238 e. The van der Waals surface area contributed by atoms with Gasteiger partial charge in [-0.3, -0.25) is 4.57 Å². The van der Waals surface area contributed by atoms with Gasteiger partial charge in [0.25, 0.3) is 0 Å². The van der Waals surface area contributed by atoms with Crippen LogP contribution < -0.4 is 0 Å². The van der Waals surface area contributed by atoms with E-state index < -0.39 is 0 Å². The standard InChI is InChI=1S/C57H37N5/c1-4-20-38(21-5-1)41-26-10-11-29-46(41)55-58-56(60-57(59-55)62-49-32-16-12-27-44(49)45-28-13-17-33-50(45)62)48-31-15-19-35-52(48)61-51-34-18-14-30-47(51)53-42(39-22-6-2-7-23-39)36-37-43(54(53)61)40-24-8-3-9-25-40/h1-37H. The van der Waals surface area contributed by atoms with E-state index in [4.69, 9.17) is 15.0 Å². The third-order valence-electron chi connectivity index (χ3n) is 12.0. The van der Waals surface area contributed by atoms with Crippen molar-refractivity contribution in [2.24, 2.45) is 0 Å². The van der Waals surface area contributed by atoms with Gasteiger partial charge in [0.15, 0.2) is 11.6 Å². The van der Waals surface area contributed by atoms with Crippen LogP contribution in [0.3, 0.4) is 0 Å². The summed E-state index contributed by atoms with van der Waals surface area (Å²) in [4.78, 5) is 16.3. The molecule has 0 saturated heterocycles. The van der Waals surface area contributed by atoms with E-state index >= 15 is 0 Å². The first-order valence-corrected chi connectivity index (χ1v) is 21.0. The number of nitrogens with zero attached hydrogens (tertiary/aromatic N) is 5. The Morgan fingerprint density at radius 1 is 0.274 bits per heavy atom. The van der Waals surface area contributed by atoms with Crippen LogP contribution in [0.4, 0.5) is 0 Å². The molecule has 0 amide bonds. The van der Waals surface area contributed by atoms with Gasteiger partial charge in [-0.1, -0.05) is 194 Å². The molecule has 0 spiro atoms. The molecular formula is C57H37N5. The Kier molecular flexibility index (Phi) is 8.42. The minimum atomic E-state index is 0.554. The second-order valence-electron chi connectivity index (χ2n) is 15.5. The lowest BCUT2D eigenvalue weighted by atomic mass is 9.94. The summed E-state index contributed by atoms with van der Waals surface area (Å²) in [5.74, 6) is 1.73. The van der Waals surface area contributed by atoms with Gasteiger partial charge in [-0.2, -0.15) is 9.97 Å². The first-order valence-electron chi connectivity index (χ1n) is 21.0. The highest BCUT2D eigenvalue weighted by Gasteiger charge is 2.24. The van der Waals surface area contributed by atoms with Crippen molar-refractivity contribution in [1.29, 1.82) is 0 Å². The summed E-state index contributed by atoms with van der Waals surface area (Å²) in [6.07, 6.45) is 0. The molecule has 0 aliphatic rings. The van der Waals surface area contributed by atoms with Gasteiger partial charge in [0, 0.05) is 38.2 Å². The van der Waals surface area contributed by atoms with Crippen molar-refractivity contribution < 1.29 is 0 Å². The molecule has 290 valence electrons. The molecule has 5 nitrogen and oxygen atoms in total. The average molecular weight is 792 g/mol. The fourth-order valence-corrected chi connectivity index (χ4v) is 9.30. The zero-order chi connectivity index (χ0) is 41.0. The Balaban J connectivity index is 1.19.